The van der Waals surface area contributed by atoms with Gasteiger partial charge in [-0.15, -0.1) is 0 Å². The largest absolute Gasteiger partial charge is 0.493 e. The standard InChI is InChI=1S/C19H22O3/c1-5-15(16-9-7-6-8-10-16)11-14-12-17(20-2)19(22-4)18(13-14)21-3/h6-13H,5H2,1-4H3/b15-11+. The van der Waals surface area contributed by atoms with Crippen LogP contribution in [0.5, 0.6) is 17.2 Å². The molecule has 0 amide bonds. The third kappa shape index (κ3) is 3.42. The van der Waals surface area contributed by atoms with Crippen molar-refractivity contribution in [1.29, 1.82) is 0 Å². The zero-order valence-corrected chi connectivity index (χ0v) is 13.6. The van der Waals surface area contributed by atoms with Crippen molar-refractivity contribution in [2.24, 2.45) is 0 Å². The van der Waals surface area contributed by atoms with Crippen molar-refractivity contribution in [3.8, 4) is 17.2 Å². The SMILES string of the molecule is CC/C(=C\c1cc(OC)c(OC)c(OC)c1)c1ccccc1. The maximum Gasteiger partial charge on any atom is 0.203 e. The fraction of sp³-hybridized carbons (Fsp3) is 0.263. The van der Waals surface area contributed by atoms with E-state index in [2.05, 4.69) is 25.1 Å². The number of rotatable bonds is 6. The summed E-state index contributed by atoms with van der Waals surface area (Å²) in [5.74, 6) is 1.94. The maximum absolute atomic E-state index is 5.41. The minimum Gasteiger partial charge on any atom is -0.493 e. The van der Waals surface area contributed by atoms with Crippen molar-refractivity contribution < 1.29 is 14.2 Å². The van der Waals surface area contributed by atoms with E-state index in [0.29, 0.717) is 17.2 Å². The van der Waals surface area contributed by atoms with E-state index in [1.54, 1.807) is 21.3 Å². The average Bonchev–Trinajstić information content (AvgIpc) is 2.59. The summed E-state index contributed by atoms with van der Waals surface area (Å²) in [6.07, 6.45) is 3.10. The molecule has 0 fully saturated rings. The van der Waals surface area contributed by atoms with Crippen LogP contribution < -0.4 is 14.2 Å². The molecule has 2 aromatic rings. The molecule has 2 aromatic carbocycles. The van der Waals surface area contributed by atoms with Gasteiger partial charge in [-0.2, -0.15) is 0 Å². The van der Waals surface area contributed by atoms with Gasteiger partial charge in [0.2, 0.25) is 5.75 Å². The van der Waals surface area contributed by atoms with Crippen molar-refractivity contribution in [1.82, 2.24) is 0 Å². The molecule has 0 atom stereocenters. The summed E-state index contributed by atoms with van der Waals surface area (Å²) in [6.45, 7) is 2.15. The predicted octanol–water partition coefficient (Wildman–Crippen LogP) is 4.66. The topological polar surface area (TPSA) is 27.7 Å². The van der Waals surface area contributed by atoms with Crippen molar-refractivity contribution in [3.63, 3.8) is 0 Å². The van der Waals surface area contributed by atoms with Crippen LogP contribution in [0.3, 0.4) is 0 Å². The summed E-state index contributed by atoms with van der Waals surface area (Å²) in [5.41, 5.74) is 3.50. The number of methoxy groups -OCH3 is 3. The molecular formula is C19H22O3. The Morgan fingerprint density at radius 3 is 1.95 bits per heavy atom. The van der Waals surface area contributed by atoms with Crippen LogP contribution in [0.1, 0.15) is 24.5 Å². The first-order valence-corrected chi connectivity index (χ1v) is 7.29. The maximum atomic E-state index is 5.41. The van der Waals surface area contributed by atoms with Gasteiger partial charge < -0.3 is 14.2 Å². The molecule has 0 spiro atoms. The first-order valence-electron chi connectivity index (χ1n) is 7.29. The average molecular weight is 298 g/mol. The van der Waals surface area contributed by atoms with Crippen LogP contribution in [0.4, 0.5) is 0 Å². The van der Waals surface area contributed by atoms with Gasteiger partial charge in [0, 0.05) is 0 Å². The number of benzene rings is 2. The molecule has 0 aliphatic rings. The van der Waals surface area contributed by atoms with E-state index in [9.17, 15) is 0 Å². The molecule has 0 unspecified atom stereocenters. The van der Waals surface area contributed by atoms with Gasteiger partial charge in [-0.05, 0) is 35.3 Å². The third-order valence-corrected chi connectivity index (χ3v) is 3.55. The van der Waals surface area contributed by atoms with Gasteiger partial charge in [-0.3, -0.25) is 0 Å². The highest BCUT2D eigenvalue weighted by molar-refractivity contribution is 5.82. The molecule has 0 aliphatic heterocycles. The van der Waals surface area contributed by atoms with Crippen LogP contribution in [0.15, 0.2) is 42.5 Å². The van der Waals surface area contributed by atoms with Gasteiger partial charge in [0.25, 0.3) is 0 Å². The second-order valence-electron chi connectivity index (χ2n) is 4.85. The van der Waals surface area contributed by atoms with E-state index in [1.807, 2.05) is 30.3 Å². The van der Waals surface area contributed by atoms with Gasteiger partial charge in [-0.25, -0.2) is 0 Å². The highest BCUT2D eigenvalue weighted by Crippen LogP contribution is 2.39. The van der Waals surface area contributed by atoms with Gasteiger partial charge in [0.15, 0.2) is 11.5 Å². The number of hydrogen-bond acceptors (Lipinski definition) is 3. The van der Waals surface area contributed by atoms with Gasteiger partial charge in [-0.1, -0.05) is 43.3 Å². The van der Waals surface area contributed by atoms with Gasteiger partial charge in [0.05, 0.1) is 21.3 Å². The van der Waals surface area contributed by atoms with Crippen LogP contribution in [0, 0.1) is 0 Å². The molecule has 0 aromatic heterocycles. The minimum absolute atomic E-state index is 0.611. The Balaban J connectivity index is 2.49. The van der Waals surface area contributed by atoms with Crippen LogP contribution in [0.2, 0.25) is 0 Å². The van der Waals surface area contributed by atoms with Crippen LogP contribution >= 0.6 is 0 Å². The summed E-state index contributed by atoms with van der Waals surface area (Å²) in [6, 6.07) is 14.3. The summed E-state index contributed by atoms with van der Waals surface area (Å²) < 4.78 is 16.2. The van der Waals surface area contributed by atoms with Crippen LogP contribution in [-0.4, -0.2) is 21.3 Å². The van der Waals surface area contributed by atoms with Crippen LogP contribution in [0.25, 0.3) is 11.6 Å². The predicted molar refractivity (Wildman–Crippen MR) is 90.7 cm³/mol. The molecule has 0 heterocycles. The zero-order valence-electron chi connectivity index (χ0n) is 13.6. The Morgan fingerprint density at radius 2 is 1.50 bits per heavy atom. The van der Waals surface area contributed by atoms with E-state index in [0.717, 1.165) is 12.0 Å². The quantitative estimate of drug-likeness (QED) is 0.726. The molecule has 3 heteroatoms. The summed E-state index contributed by atoms with van der Waals surface area (Å²) in [7, 11) is 4.86. The fourth-order valence-corrected chi connectivity index (χ4v) is 2.43. The highest BCUT2D eigenvalue weighted by atomic mass is 16.5. The summed E-state index contributed by atoms with van der Waals surface area (Å²) in [4.78, 5) is 0. The second-order valence-corrected chi connectivity index (χ2v) is 4.85. The molecule has 0 N–H and O–H groups in total. The molecule has 0 radical (unpaired) electrons. The zero-order chi connectivity index (χ0) is 15.9. The lowest BCUT2D eigenvalue weighted by Crippen LogP contribution is -1.95. The molecule has 0 aliphatic carbocycles. The van der Waals surface area contributed by atoms with Gasteiger partial charge >= 0.3 is 0 Å². The first kappa shape index (κ1) is 16.0. The lowest BCUT2D eigenvalue weighted by Gasteiger charge is -2.13. The molecule has 3 nitrogen and oxygen atoms in total. The third-order valence-electron chi connectivity index (χ3n) is 3.55. The minimum atomic E-state index is 0.611. The number of hydrogen-bond donors (Lipinski definition) is 0. The second kappa shape index (κ2) is 7.55. The smallest absolute Gasteiger partial charge is 0.203 e. The van der Waals surface area contributed by atoms with Crippen molar-refractivity contribution in [2.75, 3.05) is 21.3 Å². The van der Waals surface area contributed by atoms with E-state index in [-0.39, 0.29) is 0 Å². The molecule has 22 heavy (non-hydrogen) atoms. The van der Waals surface area contributed by atoms with Crippen molar-refractivity contribution >= 4 is 11.6 Å². The fourth-order valence-electron chi connectivity index (χ4n) is 2.43. The number of allylic oxidation sites excluding steroid dienone is 1. The van der Waals surface area contributed by atoms with Gasteiger partial charge in [0.1, 0.15) is 0 Å². The normalized spacial score (nSPS) is 11.2. The molecule has 0 saturated heterocycles. The molecular weight excluding hydrogens is 276 g/mol. The van der Waals surface area contributed by atoms with E-state index in [4.69, 9.17) is 14.2 Å². The van der Waals surface area contributed by atoms with Crippen molar-refractivity contribution in [3.05, 3.63) is 53.6 Å². The lowest BCUT2D eigenvalue weighted by atomic mass is 10.0. The monoisotopic (exact) mass is 298 g/mol. The highest BCUT2D eigenvalue weighted by Gasteiger charge is 2.12. The number of ether oxygens (including phenoxy) is 3. The molecule has 0 bridgehead atoms. The molecule has 2 rings (SSSR count). The van der Waals surface area contributed by atoms with Crippen molar-refractivity contribution in [2.45, 2.75) is 13.3 Å². The van der Waals surface area contributed by atoms with Crippen LogP contribution in [-0.2, 0) is 0 Å². The van der Waals surface area contributed by atoms with E-state index < -0.39 is 0 Å². The van der Waals surface area contributed by atoms with E-state index in [1.165, 1.54) is 11.1 Å². The summed E-state index contributed by atoms with van der Waals surface area (Å²) in [5, 5.41) is 0. The Hall–Kier alpha value is -2.42. The Bertz CT molecular complexity index is 620. The summed E-state index contributed by atoms with van der Waals surface area (Å²) >= 11 is 0. The Morgan fingerprint density at radius 1 is 0.909 bits per heavy atom. The molecule has 116 valence electrons. The lowest BCUT2D eigenvalue weighted by molar-refractivity contribution is 0.324. The Kier molecular flexibility index (Phi) is 5.48. The molecule has 0 saturated carbocycles. The first-order chi connectivity index (χ1) is 10.7. The van der Waals surface area contributed by atoms with E-state index >= 15 is 0 Å². The Labute approximate surface area is 132 Å².